The molecular weight excluding hydrogens is 549 g/mol. The van der Waals surface area contributed by atoms with Crippen molar-refractivity contribution in [3.8, 4) is 0 Å². The standard InChI is InChI=1S/C16H11ClINO.C7H8O3S/c1-10-15(18-12-5-3-2-4-6-12)16(20)13-9-11(17)7-8-14(13)19-10;1-6-2-4-7(5-3-6)11(8,9)10/h2-9H,1H3;2-5H,1H3,(H,8,9,10). The summed E-state index contributed by atoms with van der Waals surface area (Å²) in [5.41, 5.74) is 2.84. The normalized spacial score (nSPS) is 11.1. The predicted molar refractivity (Wildman–Crippen MR) is 117 cm³/mol. The first-order valence-corrected chi connectivity index (χ1v) is 13.1. The van der Waals surface area contributed by atoms with Crippen LogP contribution in [0.5, 0.6) is 0 Å². The summed E-state index contributed by atoms with van der Waals surface area (Å²) in [7, 11) is -4.27. The molecule has 0 saturated carbocycles. The fourth-order valence-electron chi connectivity index (χ4n) is 2.76. The first-order valence-electron chi connectivity index (χ1n) is 9.20. The van der Waals surface area contributed by atoms with Gasteiger partial charge in [-0.25, -0.2) is 8.42 Å². The molecule has 0 aliphatic carbocycles. The highest BCUT2D eigenvalue weighted by atomic mass is 127. The fraction of sp³-hybridized carbons (Fsp3) is 0.0870. The number of aromatic nitrogens is 1. The van der Waals surface area contributed by atoms with Crippen LogP contribution in [-0.2, 0) is 10.1 Å². The van der Waals surface area contributed by atoms with Gasteiger partial charge >= 0.3 is 21.2 Å². The number of benzene rings is 3. The van der Waals surface area contributed by atoms with Crippen molar-refractivity contribution in [2.75, 3.05) is 0 Å². The lowest BCUT2D eigenvalue weighted by Gasteiger charge is -2.05. The van der Waals surface area contributed by atoms with E-state index in [4.69, 9.17) is 11.6 Å². The SMILES string of the molecule is Cc1[nH]c2ccc(Cl)cc2c(=O)c1[I+]c1ccccc1.Cc1ccc(S(=O)(=O)[O-])cc1. The third-order valence-corrected chi connectivity index (χ3v) is 8.59. The van der Waals surface area contributed by atoms with Gasteiger partial charge in [-0.05, 0) is 56.3 Å². The number of H-pyrrole nitrogens is 1. The molecule has 1 aromatic heterocycles. The van der Waals surface area contributed by atoms with Gasteiger partial charge in [0.25, 0.3) is 3.57 Å². The first-order chi connectivity index (χ1) is 14.6. The Morgan fingerprint density at radius 3 is 2.19 bits per heavy atom. The average Bonchev–Trinajstić information content (AvgIpc) is 2.73. The molecule has 0 saturated heterocycles. The van der Waals surface area contributed by atoms with E-state index in [0.717, 1.165) is 20.3 Å². The lowest BCUT2D eigenvalue weighted by atomic mass is 10.2. The largest absolute Gasteiger partial charge is 0.744 e. The minimum atomic E-state index is -4.27. The van der Waals surface area contributed by atoms with Crippen LogP contribution in [-0.4, -0.2) is 18.0 Å². The Morgan fingerprint density at radius 2 is 1.58 bits per heavy atom. The Bertz CT molecular complexity index is 1370. The zero-order valence-electron chi connectivity index (χ0n) is 16.7. The molecular formula is C23H19ClINO4S. The van der Waals surface area contributed by atoms with Gasteiger partial charge in [0, 0.05) is 10.5 Å². The smallest absolute Gasteiger partial charge is 0.364 e. The highest BCUT2D eigenvalue weighted by Crippen LogP contribution is 2.15. The molecule has 0 bridgehead atoms. The van der Waals surface area contributed by atoms with Crippen LogP contribution in [0.4, 0.5) is 0 Å². The minimum Gasteiger partial charge on any atom is -0.744 e. The lowest BCUT2D eigenvalue weighted by Crippen LogP contribution is -3.62. The Labute approximate surface area is 196 Å². The number of halogens is 2. The molecule has 5 nitrogen and oxygen atoms in total. The van der Waals surface area contributed by atoms with E-state index in [2.05, 4.69) is 17.1 Å². The number of pyridine rings is 1. The third kappa shape index (κ3) is 6.16. The highest BCUT2D eigenvalue weighted by Gasteiger charge is 2.24. The Hall–Kier alpha value is -2.20. The van der Waals surface area contributed by atoms with Gasteiger partial charge in [0.2, 0.25) is 5.43 Å². The average molecular weight is 568 g/mol. The van der Waals surface area contributed by atoms with Crippen LogP contribution < -0.4 is 26.6 Å². The van der Waals surface area contributed by atoms with Crippen LogP contribution in [0.25, 0.3) is 10.9 Å². The van der Waals surface area contributed by atoms with Crippen molar-refractivity contribution >= 4 is 32.6 Å². The molecule has 0 amide bonds. The van der Waals surface area contributed by atoms with Gasteiger partial charge in [-0.2, -0.15) is 0 Å². The monoisotopic (exact) mass is 567 g/mol. The molecule has 1 heterocycles. The number of fused-ring (bicyclic) bond motifs is 1. The Kier molecular flexibility index (Phi) is 7.53. The molecule has 0 aliphatic rings. The second-order valence-corrected chi connectivity index (χ2v) is 11.4. The molecule has 3 aromatic carbocycles. The van der Waals surface area contributed by atoms with Crippen molar-refractivity contribution in [3.63, 3.8) is 0 Å². The van der Waals surface area contributed by atoms with Gasteiger partial charge < -0.3 is 9.54 Å². The molecule has 0 unspecified atom stereocenters. The first kappa shape index (κ1) is 23.5. The summed E-state index contributed by atoms with van der Waals surface area (Å²) in [5.74, 6) is 0. The Balaban J connectivity index is 0.000000210. The second kappa shape index (κ2) is 9.95. The number of aromatic amines is 1. The summed E-state index contributed by atoms with van der Waals surface area (Å²) >= 11 is 5.51. The van der Waals surface area contributed by atoms with E-state index in [1.807, 2.05) is 38.1 Å². The van der Waals surface area contributed by atoms with Gasteiger partial charge in [0.15, 0.2) is 3.57 Å². The van der Waals surface area contributed by atoms with Crippen LogP contribution in [0.15, 0.2) is 82.5 Å². The molecule has 0 aliphatic heterocycles. The van der Waals surface area contributed by atoms with Gasteiger partial charge in [-0.15, -0.1) is 0 Å². The van der Waals surface area contributed by atoms with Crippen LogP contribution in [0.1, 0.15) is 11.3 Å². The fourth-order valence-corrected chi connectivity index (χ4v) is 5.88. The third-order valence-electron chi connectivity index (χ3n) is 4.32. The summed E-state index contributed by atoms with van der Waals surface area (Å²) in [4.78, 5) is 15.8. The van der Waals surface area contributed by atoms with E-state index >= 15 is 0 Å². The molecule has 31 heavy (non-hydrogen) atoms. The van der Waals surface area contributed by atoms with E-state index in [-0.39, 0.29) is 10.3 Å². The number of rotatable bonds is 3. The molecule has 0 spiro atoms. The lowest BCUT2D eigenvalue weighted by molar-refractivity contribution is -0.599. The molecule has 0 fully saturated rings. The van der Waals surface area contributed by atoms with E-state index in [1.54, 1.807) is 24.3 Å². The number of aryl methyl sites for hydroxylation is 2. The summed E-state index contributed by atoms with van der Waals surface area (Å²) in [6.45, 7) is 3.79. The van der Waals surface area contributed by atoms with Crippen molar-refractivity contribution in [2.45, 2.75) is 18.7 Å². The zero-order chi connectivity index (χ0) is 22.6. The summed E-state index contributed by atoms with van der Waals surface area (Å²) in [6, 6.07) is 21.3. The van der Waals surface area contributed by atoms with E-state index in [9.17, 15) is 17.8 Å². The highest BCUT2D eigenvalue weighted by molar-refractivity contribution is 7.85. The van der Waals surface area contributed by atoms with Gasteiger partial charge in [-0.1, -0.05) is 47.5 Å². The van der Waals surface area contributed by atoms with Crippen molar-refractivity contribution < 1.29 is 34.2 Å². The molecule has 1 N–H and O–H groups in total. The topological polar surface area (TPSA) is 90.1 Å². The Morgan fingerprint density at radius 1 is 0.935 bits per heavy atom. The summed E-state index contributed by atoms with van der Waals surface area (Å²) in [5, 5.41) is 1.27. The number of nitrogens with one attached hydrogen (secondary N) is 1. The van der Waals surface area contributed by atoms with Crippen LogP contribution in [0.3, 0.4) is 0 Å². The van der Waals surface area contributed by atoms with E-state index in [1.165, 1.54) is 15.7 Å². The van der Waals surface area contributed by atoms with E-state index < -0.39 is 31.3 Å². The van der Waals surface area contributed by atoms with Gasteiger partial charge in [0.05, 0.1) is 16.0 Å². The summed E-state index contributed by atoms with van der Waals surface area (Å²) in [6.07, 6.45) is 0. The van der Waals surface area contributed by atoms with Crippen LogP contribution in [0.2, 0.25) is 5.02 Å². The minimum absolute atomic E-state index is 0.107. The van der Waals surface area contributed by atoms with Gasteiger partial charge in [-0.3, -0.25) is 4.79 Å². The predicted octanol–water partition coefficient (Wildman–Crippen LogP) is 1.52. The molecule has 0 radical (unpaired) electrons. The maximum absolute atomic E-state index is 12.7. The van der Waals surface area contributed by atoms with Crippen molar-refractivity contribution in [3.05, 3.63) is 106 Å². The summed E-state index contributed by atoms with van der Waals surface area (Å²) < 4.78 is 33.3. The maximum atomic E-state index is 12.7. The van der Waals surface area contributed by atoms with Crippen LogP contribution >= 0.6 is 11.6 Å². The van der Waals surface area contributed by atoms with Crippen molar-refractivity contribution in [2.24, 2.45) is 0 Å². The number of hydrogen-bond acceptors (Lipinski definition) is 4. The molecule has 8 heteroatoms. The maximum Gasteiger partial charge on any atom is 0.364 e. The second-order valence-electron chi connectivity index (χ2n) is 6.74. The number of hydrogen-bond donors (Lipinski definition) is 1. The molecule has 4 aromatic rings. The molecule has 160 valence electrons. The molecule has 0 atom stereocenters. The van der Waals surface area contributed by atoms with Crippen molar-refractivity contribution in [1.29, 1.82) is 0 Å². The quantitative estimate of drug-likeness (QED) is 0.300. The van der Waals surface area contributed by atoms with Crippen molar-refractivity contribution in [1.82, 2.24) is 4.98 Å². The van der Waals surface area contributed by atoms with E-state index in [0.29, 0.717) is 10.4 Å². The zero-order valence-corrected chi connectivity index (χ0v) is 20.5. The van der Waals surface area contributed by atoms with Gasteiger partial charge in [0.1, 0.15) is 10.1 Å². The molecule has 4 rings (SSSR count). The van der Waals surface area contributed by atoms with Crippen LogP contribution in [0, 0.1) is 21.0 Å².